The van der Waals surface area contributed by atoms with Crippen LogP contribution >= 0.6 is 11.3 Å². The Morgan fingerprint density at radius 2 is 1.89 bits per heavy atom. The van der Waals surface area contributed by atoms with Crippen LogP contribution in [0.1, 0.15) is 31.0 Å². The van der Waals surface area contributed by atoms with Crippen LogP contribution in [0.3, 0.4) is 0 Å². The zero-order chi connectivity index (χ0) is 26.3. The van der Waals surface area contributed by atoms with Crippen molar-refractivity contribution in [3.63, 3.8) is 0 Å². The number of hydrogen-bond donors (Lipinski definition) is 0. The molecule has 0 fully saturated rings. The van der Waals surface area contributed by atoms with E-state index in [9.17, 15) is 9.59 Å². The Morgan fingerprint density at radius 1 is 1.14 bits per heavy atom. The van der Waals surface area contributed by atoms with E-state index in [0.717, 1.165) is 16.5 Å². The first-order valence-electron chi connectivity index (χ1n) is 11.8. The summed E-state index contributed by atoms with van der Waals surface area (Å²) in [5.74, 6) is 0.538. The predicted molar refractivity (Wildman–Crippen MR) is 143 cm³/mol. The average molecular weight is 518 g/mol. The van der Waals surface area contributed by atoms with E-state index in [1.807, 2.05) is 54.2 Å². The molecule has 0 saturated heterocycles. The van der Waals surface area contributed by atoms with Gasteiger partial charge in [-0.2, -0.15) is 0 Å². The van der Waals surface area contributed by atoms with E-state index in [1.54, 1.807) is 44.8 Å². The first-order chi connectivity index (χ1) is 17.9. The van der Waals surface area contributed by atoms with Crippen LogP contribution in [0.25, 0.3) is 17.0 Å². The minimum absolute atomic E-state index is 0.208. The van der Waals surface area contributed by atoms with Gasteiger partial charge < -0.3 is 18.8 Å². The lowest BCUT2D eigenvalue weighted by Crippen LogP contribution is -2.39. The van der Waals surface area contributed by atoms with Crippen LogP contribution < -0.4 is 24.4 Å². The highest BCUT2D eigenvalue weighted by atomic mass is 32.1. The molecule has 190 valence electrons. The molecule has 9 heteroatoms. The smallest absolute Gasteiger partial charge is 0.338 e. The Bertz CT molecular complexity index is 1740. The van der Waals surface area contributed by atoms with Crippen LogP contribution in [0.5, 0.6) is 11.5 Å². The van der Waals surface area contributed by atoms with Crippen molar-refractivity contribution in [1.82, 2.24) is 9.13 Å². The number of carbonyl (C=O) groups excluding carboxylic acids is 1. The minimum atomic E-state index is -0.732. The first-order valence-corrected chi connectivity index (χ1v) is 12.6. The van der Waals surface area contributed by atoms with Crippen molar-refractivity contribution in [2.24, 2.45) is 12.0 Å². The third-order valence-corrected chi connectivity index (χ3v) is 7.44. The Morgan fingerprint density at radius 3 is 2.62 bits per heavy atom. The van der Waals surface area contributed by atoms with Gasteiger partial charge in [0.15, 0.2) is 16.3 Å². The fourth-order valence-electron chi connectivity index (χ4n) is 4.76. The van der Waals surface area contributed by atoms with Crippen molar-refractivity contribution < 1.29 is 19.0 Å². The lowest BCUT2D eigenvalue weighted by atomic mass is 9.95. The summed E-state index contributed by atoms with van der Waals surface area (Å²) in [6, 6.07) is 12.7. The summed E-state index contributed by atoms with van der Waals surface area (Å²) in [6.07, 6.45) is 3.89. The molecule has 8 nitrogen and oxygen atoms in total. The number of esters is 1. The molecule has 0 spiro atoms. The van der Waals surface area contributed by atoms with Crippen molar-refractivity contribution in [3.05, 3.63) is 90.7 Å². The van der Waals surface area contributed by atoms with Gasteiger partial charge in [0.05, 0.1) is 42.7 Å². The summed E-state index contributed by atoms with van der Waals surface area (Å²) < 4.78 is 20.4. The Labute approximate surface area is 217 Å². The summed E-state index contributed by atoms with van der Waals surface area (Å²) in [5.41, 5.74) is 3.30. The number of thiazole rings is 1. The number of rotatable bonds is 6. The maximum Gasteiger partial charge on any atom is 0.338 e. The zero-order valence-electron chi connectivity index (χ0n) is 21.3. The highest BCUT2D eigenvalue weighted by Gasteiger charge is 2.34. The quantitative estimate of drug-likeness (QED) is 0.367. The maximum absolute atomic E-state index is 13.9. The zero-order valence-corrected chi connectivity index (χ0v) is 22.1. The number of aryl methyl sites for hydroxylation is 1. The summed E-state index contributed by atoms with van der Waals surface area (Å²) in [7, 11) is 5.08. The van der Waals surface area contributed by atoms with Gasteiger partial charge in [-0.05, 0) is 43.7 Å². The van der Waals surface area contributed by atoms with E-state index in [1.165, 1.54) is 11.3 Å². The number of fused-ring (bicyclic) bond motifs is 2. The van der Waals surface area contributed by atoms with Crippen molar-refractivity contribution in [2.45, 2.75) is 19.9 Å². The van der Waals surface area contributed by atoms with E-state index >= 15 is 0 Å². The Kier molecular flexibility index (Phi) is 6.47. The normalized spacial score (nSPS) is 15.5. The molecule has 2 aromatic heterocycles. The molecule has 0 amide bonds. The molecule has 4 aromatic rings. The van der Waals surface area contributed by atoms with Gasteiger partial charge in [0.25, 0.3) is 5.56 Å². The summed E-state index contributed by atoms with van der Waals surface area (Å²) in [4.78, 5) is 32.2. The monoisotopic (exact) mass is 517 g/mol. The van der Waals surface area contributed by atoms with Crippen molar-refractivity contribution in [2.75, 3.05) is 20.8 Å². The molecule has 0 saturated carbocycles. The number of aromatic nitrogens is 2. The summed E-state index contributed by atoms with van der Waals surface area (Å²) >= 11 is 1.30. The first kappa shape index (κ1) is 24.6. The predicted octanol–water partition coefficient (Wildman–Crippen LogP) is 3.31. The van der Waals surface area contributed by atoms with Gasteiger partial charge in [-0.25, -0.2) is 9.79 Å². The van der Waals surface area contributed by atoms with Crippen LogP contribution in [-0.4, -0.2) is 35.9 Å². The van der Waals surface area contributed by atoms with Gasteiger partial charge in [0.1, 0.15) is 0 Å². The van der Waals surface area contributed by atoms with Crippen molar-refractivity contribution in [3.8, 4) is 11.5 Å². The second-order valence-corrected chi connectivity index (χ2v) is 9.64. The highest BCUT2D eigenvalue weighted by molar-refractivity contribution is 7.07. The second-order valence-electron chi connectivity index (χ2n) is 8.63. The molecule has 0 N–H and O–H groups in total. The number of nitrogens with zero attached hydrogens (tertiary/aromatic N) is 3. The lowest BCUT2D eigenvalue weighted by molar-refractivity contribution is -0.139. The number of para-hydroxylation sites is 1. The van der Waals surface area contributed by atoms with Gasteiger partial charge in [-0.3, -0.25) is 9.36 Å². The standard InChI is InChI=1S/C28H27N3O5S/c1-6-36-27(33)24-16(2)29-28-31(25(24)17-11-12-21(34-4)22(13-17)35-5)26(32)23(37-28)14-18-15-30(3)20-10-8-7-9-19(18)20/h7-15,25H,6H2,1-5H3. The number of carbonyl (C=O) groups is 1. The topological polar surface area (TPSA) is 84.1 Å². The van der Waals surface area contributed by atoms with E-state index in [-0.39, 0.29) is 12.2 Å². The second kappa shape index (κ2) is 9.74. The fraction of sp³-hybridized carbons (Fsp3) is 0.250. The largest absolute Gasteiger partial charge is 0.493 e. The van der Waals surface area contributed by atoms with Crippen LogP contribution in [0, 0.1) is 0 Å². The maximum atomic E-state index is 13.9. The minimum Gasteiger partial charge on any atom is -0.493 e. The van der Waals surface area contributed by atoms with Gasteiger partial charge >= 0.3 is 5.97 Å². The molecular formula is C28H27N3O5S. The SMILES string of the molecule is CCOC(=O)C1=C(C)N=c2sc(=Cc3cn(C)c4ccccc34)c(=O)n2C1c1ccc(OC)c(OC)c1. The molecular weight excluding hydrogens is 490 g/mol. The third-order valence-electron chi connectivity index (χ3n) is 6.45. The van der Waals surface area contributed by atoms with E-state index in [0.29, 0.717) is 37.7 Å². The summed E-state index contributed by atoms with van der Waals surface area (Å²) in [5, 5.41) is 1.05. The number of hydrogen-bond acceptors (Lipinski definition) is 7. The van der Waals surface area contributed by atoms with E-state index in [4.69, 9.17) is 14.2 Å². The van der Waals surface area contributed by atoms with Gasteiger partial charge in [-0.15, -0.1) is 0 Å². The van der Waals surface area contributed by atoms with Crippen molar-refractivity contribution >= 4 is 34.3 Å². The lowest BCUT2D eigenvalue weighted by Gasteiger charge is -2.25. The average Bonchev–Trinajstić information content (AvgIpc) is 3.38. The number of allylic oxidation sites excluding steroid dienone is 1. The van der Waals surface area contributed by atoms with Crippen LogP contribution in [0.4, 0.5) is 0 Å². The van der Waals surface area contributed by atoms with Crippen LogP contribution in [0.2, 0.25) is 0 Å². The van der Waals surface area contributed by atoms with E-state index < -0.39 is 12.0 Å². The van der Waals surface area contributed by atoms with Crippen molar-refractivity contribution in [1.29, 1.82) is 0 Å². The fourth-order valence-corrected chi connectivity index (χ4v) is 5.80. The number of methoxy groups -OCH3 is 2. The molecule has 5 rings (SSSR count). The molecule has 0 bridgehead atoms. The number of ether oxygens (including phenoxy) is 3. The molecule has 37 heavy (non-hydrogen) atoms. The van der Waals surface area contributed by atoms with Gasteiger partial charge in [-0.1, -0.05) is 35.6 Å². The molecule has 3 heterocycles. The van der Waals surface area contributed by atoms with Gasteiger partial charge in [0.2, 0.25) is 0 Å². The van der Waals surface area contributed by atoms with Crippen LogP contribution in [-0.2, 0) is 16.6 Å². The van der Waals surface area contributed by atoms with Gasteiger partial charge in [0, 0.05) is 29.7 Å². The molecule has 1 unspecified atom stereocenters. The number of benzene rings is 2. The molecule has 1 aliphatic heterocycles. The summed E-state index contributed by atoms with van der Waals surface area (Å²) in [6.45, 7) is 3.72. The Hall–Kier alpha value is -4.11. The molecule has 0 aliphatic carbocycles. The van der Waals surface area contributed by atoms with Crippen LogP contribution in [0.15, 0.2) is 69.7 Å². The molecule has 1 aliphatic rings. The molecule has 2 aromatic carbocycles. The van der Waals surface area contributed by atoms with E-state index in [2.05, 4.69) is 4.99 Å². The molecule has 0 radical (unpaired) electrons. The highest BCUT2D eigenvalue weighted by Crippen LogP contribution is 2.36. The third kappa shape index (κ3) is 4.15. The Balaban J connectivity index is 1.76. The molecule has 1 atom stereocenters.